The second kappa shape index (κ2) is 8.74. The van der Waals surface area contributed by atoms with Crippen molar-refractivity contribution < 1.29 is 9.53 Å². The summed E-state index contributed by atoms with van der Waals surface area (Å²) in [6, 6.07) is 15.3. The topological polar surface area (TPSA) is 38.3 Å². The Bertz CT molecular complexity index is 670. The lowest BCUT2D eigenvalue weighted by Gasteiger charge is -2.22. The lowest BCUT2D eigenvalue weighted by Crippen LogP contribution is -2.39. The smallest absolute Gasteiger partial charge is 0.261 e. The van der Waals surface area contributed by atoms with Crippen LogP contribution in [0, 0.1) is 6.92 Å². The highest BCUT2D eigenvalue weighted by molar-refractivity contribution is 6.30. The van der Waals surface area contributed by atoms with E-state index in [1.54, 1.807) is 18.2 Å². The molecule has 128 valence electrons. The number of rotatable bonds is 7. The Morgan fingerprint density at radius 3 is 2.42 bits per heavy atom. The van der Waals surface area contributed by atoms with Crippen molar-refractivity contribution in [3.8, 4) is 5.75 Å². The molecule has 0 aliphatic carbocycles. The average Bonchev–Trinajstić information content (AvgIpc) is 2.58. The number of halogens is 1. The van der Waals surface area contributed by atoms with E-state index in [-0.39, 0.29) is 11.9 Å². The van der Waals surface area contributed by atoms with E-state index in [2.05, 4.69) is 43.4 Å². The maximum Gasteiger partial charge on any atom is 0.261 e. The molecule has 0 unspecified atom stereocenters. The molecule has 0 saturated carbocycles. The molecule has 1 amide bonds. The summed E-state index contributed by atoms with van der Waals surface area (Å²) in [7, 11) is 0. The number of amides is 1. The Labute approximate surface area is 149 Å². The molecule has 0 aromatic heterocycles. The van der Waals surface area contributed by atoms with Gasteiger partial charge in [0.05, 0.1) is 6.04 Å². The summed E-state index contributed by atoms with van der Waals surface area (Å²) in [6.07, 6.45) is 0.869. The van der Waals surface area contributed by atoms with Gasteiger partial charge in [0.2, 0.25) is 0 Å². The van der Waals surface area contributed by atoms with Gasteiger partial charge in [0.15, 0.2) is 6.10 Å². The Kier molecular flexibility index (Phi) is 6.68. The minimum atomic E-state index is -0.539. The molecule has 2 aromatic carbocycles. The van der Waals surface area contributed by atoms with Crippen LogP contribution in [-0.2, 0) is 4.79 Å². The first-order chi connectivity index (χ1) is 11.5. The lowest BCUT2D eigenvalue weighted by atomic mass is 10.0. The third-order valence-corrected chi connectivity index (χ3v) is 4.18. The summed E-state index contributed by atoms with van der Waals surface area (Å²) in [5, 5.41) is 3.68. The van der Waals surface area contributed by atoms with Gasteiger partial charge in [-0.05, 0) is 43.5 Å². The van der Waals surface area contributed by atoms with Crippen LogP contribution in [0.3, 0.4) is 0 Å². The maximum absolute atomic E-state index is 12.6. The van der Waals surface area contributed by atoms with Crippen molar-refractivity contribution in [2.75, 3.05) is 0 Å². The second-order valence-corrected chi connectivity index (χ2v) is 6.29. The van der Waals surface area contributed by atoms with E-state index in [9.17, 15) is 4.79 Å². The van der Waals surface area contributed by atoms with Crippen molar-refractivity contribution in [2.24, 2.45) is 0 Å². The molecule has 2 rings (SSSR count). The van der Waals surface area contributed by atoms with Crippen LogP contribution in [0.25, 0.3) is 0 Å². The fraction of sp³-hybridized carbons (Fsp3) is 0.350. The van der Waals surface area contributed by atoms with E-state index < -0.39 is 6.10 Å². The molecule has 0 saturated heterocycles. The van der Waals surface area contributed by atoms with Gasteiger partial charge in [0.25, 0.3) is 5.91 Å². The summed E-state index contributed by atoms with van der Waals surface area (Å²) in [5.74, 6) is 0.498. The van der Waals surface area contributed by atoms with Gasteiger partial charge in [-0.2, -0.15) is 0 Å². The number of carbonyl (C=O) groups excluding carboxylic acids is 1. The molecule has 3 nitrogen and oxygen atoms in total. The normalized spacial score (nSPS) is 13.2. The molecule has 0 aliphatic heterocycles. The molecule has 4 heteroatoms. The van der Waals surface area contributed by atoms with Gasteiger partial charge in [-0.3, -0.25) is 4.79 Å². The molecule has 2 aromatic rings. The number of ether oxygens (including phenoxy) is 1. The number of carbonyl (C=O) groups is 1. The summed E-state index contributed by atoms with van der Waals surface area (Å²) in [5.41, 5.74) is 2.31. The Morgan fingerprint density at radius 1 is 1.12 bits per heavy atom. The highest BCUT2D eigenvalue weighted by atomic mass is 35.5. The van der Waals surface area contributed by atoms with Gasteiger partial charge >= 0.3 is 0 Å². The highest BCUT2D eigenvalue weighted by Crippen LogP contribution is 2.21. The van der Waals surface area contributed by atoms with Crippen molar-refractivity contribution in [2.45, 2.75) is 45.8 Å². The monoisotopic (exact) mass is 345 g/mol. The highest BCUT2D eigenvalue weighted by Gasteiger charge is 2.22. The minimum Gasteiger partial charge on any atom is -0.481 e. The van der Waals surface area contributed by atoms with Crippen LogP contribution in [-0.4, -0.2) is 12.0 Å². The molecule has 0 radical (unpaired) electrons. The van der Waals surface area contributed by atoms with Gasteiger partial charge in [-0.15, -0.1) is 0 Å². The molecule has 2 atom stereocenters. The quantitative estimate of drug-likeness (QED) is 0.760. The second-order valence-electron chi connectivity index (χ2n) is 5.85. The van der Waals surface area contributed by atoms with Gasteiger partial charge in [0, 0.05) is 5.02 Å². The van der Waals surface area contributed by atoms with Crippen LogP contribution in [0.1, 0.15) is 43.9 Å². The zero-order chi connectivity index (χ0) is 17.5. The van der Waals surface area contributed by atoms with Crippen LogP contribution in [0.15, 0.2) is 48.5 Å². The lowest BCUT2D eigenvalue weighted by molar-refractivity contribution is -0.128. The number of hydrogen-bond donors (Lipinski definition) is 1. The fourth-order valence-electron chi connectivity index (χ4n) is 2.51. The predicted octanol–water partition coefficient (Wildman–Crippen LogP) is 5.07. The first kappa shape index (κ1) is 18.3. The predicted molar refractivity (Wildman–Crippen MR) is 98.5 cm³/mol. The van der Waals surface area contributed by atoms with E-state index >= 15 is 0 Å². The van der Waals surface area contributed by atoms with Gasteiger partial charge in [0.1, 0.15) is 5.75 Å². The van der Waals surface area contributed by atoms with Crippen LogP contribution in [0.4, 0.5) is 0 Å². The van der Waals surface area contributed by atoms with Crippen molar-refractivity contribution in [1.82, 2.24) is 5.32 Å². The van der Waals surface area contributed by atoms with Crippen LogP contribution < -0.4 is 10.1 Å². The molecule has 24 heavy (non-hydrogen) atoms. The number of hydrogen-bond acceptors (Lipinski definition) is 2. The average molecular weight is 346 g/mol. The molecule has 0 spiro atoms. The summed E-state index contributed by atoms with van der Waals surface area (Å²) >= 11 is 5.97. The summed E-state index contributed by atoms with van der Waals surface area (Å²) in [6.45, 7) is 6.04. The maximum atomic E-state index is 12.6. The molecule has 0 bridgehead atoms. The standard InChI is InChI=1S/C20H24ClNO2/c1-4-18(15-11-9-14(3)10-12-15)22-20(23)19(5-2)24-17-8-6-7-16(21)13-17/h6-13,18-19H,4-5H2,1-3H3,(H,22,23)/t18-,19+/m0/s1. The van der Waals surface area contributed by atoms with Crippen LogP contribution in [0.2, 0.25) is 5.02 Å². The van der Waals surface area contributed by atoms with Crippen molar-refractivity contribution in [3.63, 3.8) is 0 Å². The number of nitrogens with one attached hydrogen (secondary N) is 1. The molecule has 0 heterocycles. The van der Waals surface area contributed by atoms with E-state index in [1.807, 2.05) is 13.0 Å². The number of benzene rings is 2. The third-order valence-electron chi connectivity index (χ3n) is 3.94. The van der Waals surface area contributed by atoms with Crippen LogP contribution >= 0.6 is 11.6 Å². The third kappa shape index (κ3) is 5.00. The van der Waals surface area contributed by atoms with Crippen molar-refractivity contribution in [3.05, 3.63) is 64.7 Å². The van der Waals surface area contributed by atoms with Gasteiger partial charge in [-0.1, -0.05) is 61.3 Å². The van der Waals surface area contributed by atoms with E-state index in [0.29, 0.717) is 17.2 Å². The molecule has 0 aliphatic rings. The summed E-state index contributed by atoms with van der Waals surface area (Å²) < 4.78 is 5.81. The Morgan fingerprint density at radius 2 is 1.83 bits per heavy atom. The molecular formula is C20H24ClNO2. The molecule has 0 fully saturated rings. The fourth-order valence-corrected chi connectivity index (χ4v) is 2.69. The van der Waals surface area contributed by atoms with E-state index in [4.69, 9.17) is 16.3 Å². The van der Waals surface area contributed by atoms with Crippen molar-refractivity contribution >= 4 is 17.5 Å². The van der Waals surface area contributed by atoms with E-state index in [0.717, 1.165) is 12.0 Å². The largest absolute Gasteiger partial charge is 0.481 e. The molecular weight excluding hydrogens is 322 g/mol. The first-order valence-corrected chi connectivity index (χ1v) is 8.70. The first-order valence-electron chi connectivity index (χ1n) is 8.32. The summed E-state index contributed by atoms with van der Waals surface area (Å²) in [4.78, 5) is 12.6. The zero-order valence-corrected chi connectivity index (χ0v) is 15.1. The Hall–Kier alpha value is -2.00. The molecule has 1 N–H and O–H groups in total. The SMILES string of the molecule is CC[C@H](NC(=O)[C@@H](CC)Oc1cccc(Cl)c1)c1ccc(C)cc1. The van der Waals surface area contributed by atoms with E-state index in [1.165, 1.54) is 5.56 Å². The van der Waals surface area contributed by atoms with Gasteiger partial charge < -0.3 is 10.1 Å². The van der Waals surface area contributed by atoms with Gasteiger partial charge in [-0.25, -0.2) is 0 Å². The van der Waals surface area contributed by atoms with Crippen LogP contribution in [0.5, 0.6) is 5.75 Å². The minimum absolute atomic E-state index is 0.0184. The van der Waals surface area contributed by atoms with Crippen molar-refractivity contribution in [1.29, 1.82) is 0 Å². The zero-order valence-electron chi connectivity index (χ0n) is 14.4. The number of aryl methyl sites for hydroxylation is 1. The Balaban J connectivity index is 2.05.